The predicted molar refractivity (Wildman–Crippen MR) is 117 cm³/mol. The number of amides is 1. The van der Waals surface area contributed by atoms with Crippen molar-refractivity contribution in [3.05, 3.63) is 32.4 Å². The van der Waals surface area contributed by atoms with Crippen LogP contribution in [0.3, 0.4) is 0 Å². The number of likely N-dealkylation sites (N-methyl/N-ethyl adjacent to an activating group) is 1. The summed E-state index contributed by atoms with van der Waals surface area (Å²) < 4.78 is 0.794. The van der Waals surface area contributed by atoms with Crippen molar-refractivity contribution in [2.75, 3.05) is 14.1 Å². The van der Waals surface area contributed by atoms with E-state index in [1.54, 1.807) is 25.1 Å². The number of benzene rings is 1. The van der Waals surface area contributed by atoms with Crippen molar-refractivity contribution in [1.29, 1.82) is 0 Å². The number of fused-ring (bicyclic) bond motifs is 3. The zero-order valence-corrected chi connectivity index (χ0v) is 19.0. The number of hydrogen-bond donors (Lipinski definition) is 5. The van der Waals surface area contributed by atoms with Crippen molar-refractivity contribution in [1.82, 2.24) is 4.90 Å². The lowest BCUT2D eigenvalue weighted by atomic mass is 9.54. The van der Waals surface area contributed by atoms with Crippen molar-refractivity contribution in [3.8, 4) is 5.75 Å². The molecule has 2 fully saturated rings. The number of ketones is 2. The maximum absolute atomic E-state index is 13.6. The summed E-state index contributed by atoms with van der Waals surface area (Å²) >= 11 is 2.08. The molecule has 4 rings (SSSR count). The van der Waals surface area contributed by atoms with Crippen LogP contribution in [0.1, 0.15) is 17.5 Å². The number of carbonyl (C=O) groups excluding carboxylic acids is 3. The van der Waals surface area contributed by atoms with Crippen LogP contribution in [0.2, 0.25) is 0 Å². The van der Waals surface area contributed by atoms with E-state index >= 15 is 0 Å². The number of phenols is 1. The summed E-state index contributed by atoms with van der Waals surface area (Å²) in [6.45, 7) is 0. The highest BCUT2D eigenvalue weighted by atomic mass is 127. The summed E-state index contributed by atoms with van der Waals surface area (Å²) in [7, 11) is 3.24. The lowest BCUT2D eigenvalue weighted by Gasteiger charge is -2.53. The van der Waals surface area contributed by atoms with Gasteiger partial charge < -0.3 is 31.1 Å². The van der Waals surface area contributed by atoms with Crippen LogP contribution in [0, 0.1) is 21.3 Å². The number of Topliss-reactive ketones (excluding diaryl/α,β-unsaturated/α-hetero) is 2. The fourth-order valence-corrected chi connectivity index (χ4v) is 6.24. The molecule has 3 aliphatic carbocycles. The summed E-state index contributed by atoms with van der Waals surface area (Å²) in [6, 6.07) is 2.20. The molecule has 0 saturated heterocycles. The summed E-state index contributed by atoms with van der Waals surface area (Å²) in [5.74, 6) is -7.29. The molecule has 1 aromatic rings. The van der Waals surface area contributed by atoms with E-state index in [1.807, 2.05) is 0 Å². The normalized spacial score (nSPS) is 35.0. The number of nitrogens with zero attached hydrogens (tertiary/aromatic N) is 1. The average molecular weight is 542 g/mol. The number of aliphatic hydroxyl groups is 3. The molecule has 2 saturated carbocycles. The van der Waals surface area contributed by atoms with Gasteiger partial charge in [0.1, 0.15) is 17.4 Å². The van der Waals surface area contributed by atoms with Crippen LogP contribution in [0.25, 0.3) is 5.76 Å². The number of aromatic hydroxyl groups is 1. The topological polar surface area (TPSA) is 161 Å². The highest BCUT2D eigenvalue weighted by molar-refractivity contribution is 14.1. The van der Waals surface area contributed by atoms with Crippen molar-refractivity contribution < 1.29 is 34.8 Å². The van der Waals surface area contributed by atoms with Gasteiger partial charge in [-0.05, 0) is 73.1 Å². The number of halogens is 1. The Balaban J connectivity index is 1.93. The van der Waals surface area contributed by atoms with E-state index in [9.17, 15) is 34.8 Å². The number of aliphatic hydroxyl groups excluding tert-OH is 2. The molecule has 9 nitrogen and oxygen atoms in total. The number of hydrogen-bond acceptors (Lipinski definition) is 8. The van der Waals surface area contributed by atoms with Gasteiger partial charge in [-0.2, -0.15) is 0 Å². The van der Waals surface area contributed by atoms with E-state index in [0.717, 1.165) is 3.57 Å². The lowest BCUT2D eigenvalue weighted by Crippen LogP contribution is -2.73. The van der Waals surface area contributed by atoms with Gasteiger partial charge >= 0.3 is 0 Å². The van der Waals surface area contributed by atoms with Crippen molar-refractivity contribution in [2.24, 2.45) is 23.5 Å². The van der Waals surface area contributed by atoms with E-state index in [4.69, 9.17) is 5.73 Å². The van der Waals surface area contributed by atoms with Gasteiger partial charge in [-0.15, -0.1) is 0 Å². The summed E-state index contributed by atoms with van der Waals surface area (Å²) in [5.41, 5.74) is 3.35. The van der Waals surface area contributed by atoms with Crippen LogP contribution in [-0.4, -0.2) is 74.6 Å². The summed E-state index contributed by atoms with van der Waals surface area (Å²) in [4.78, 5) is 40.2. The quantitative estimate of drug-likeness (QED) is 0.252. The Hall–Kier alpha value is -2.02. The minimum Gasteiger partial charge on any atom is -0.507 e. The van der Waals surface area contributed by atoms with E-state index in [1.165, 1.54) is 6.07 Å². The van der Waals surface area contributed by atoms with Crippen LogP contribution < -0.4 is 5.73 Å². The van der Waals surface area contributed by atoms with Gasteiger partial charge in [0.05, 0.1) is 11.7 Å². The van der Waals surface area contributed by atoms with E-state index < -0.39 is 58.7 Å². The van der Waals surface area contributed by atoms with Crippen molar-refractivity contribution >= 4 is 45.8 Å². The molecule has 2 unspecified atom stereocenters. The standard InChI is InChI=1S/C21H23IN2O7/c1-24(2)15-9-6-7-5-8-10(22)3-4-11(25)13(8)16(26)12(7)18(28)21(9,31)19(29)14(17(15)27)20(23)30/h3-4,7,9,14-15,17,25-27,31H,5-6H2,1-2H3,(H2,23,30)/t7-,9-,14?,15-,17?,21-/m0/s1. The van der Waals surface area contributed by atoms with Crippen LogP contribution in [0.5, 0.6) is 5.75 Å². The Kier molecular flexibility index (Phi) is 5.19. The number of nitrogens with two attached hydrogens (primary N) is 1. The highest BCUT2D eigenvalue weighted by Crippen LogP contribution is 2.52. The molecule has 3 aliphatic rings. The maximum atomic E-state index is 13.6. The molecule has 0 aliphatic heterocycles. The van der Waals surface area contributed by atoms with Gasteiger partial charge in [0, 0.05) is 21.1 Å². The van der Waals surface area contributed by atoms with Crippen LogP contribution in [0.15, 0.2) is 17.7 Å². The van der Waals surface area contributed by atoms with E-state index in [-0.39, 0.29) is 23.3 Å². The van der Waals surface area contributed by atoms with Crippen LogP contribution >= 0.6 is 22.6 Å². The molecule has 0 aromatic heterocycles. The van der Waals surface area contributed by atoms with Crippen LogP contribution in [0.4, 0.5) is 0 Å². The van der Waals surface area contributed by atoms with Gasteiger partial charge in [0.2, 0.25) is 11.7 Å². The first-order chi connectivity index (χ1) is 14.4. The second-order valence-electron chi connectivity index (χ2n) is 8.71. The smallest absolute Gasteiger partial charge is 0.230 e. The molecule has 0 heterocycles. The third-order valence-corrected chi connectivity index (χ3v) is 7.93. The molecule has 166 valence electrons. The number of carbonyl (C=O) groups is 3. The zero-order chi connectivity index (χ0) is 23.0. The fraction of sp³-hybridized carbons (Fsp3) is 0.476. The van der Waals surface area contributed by atoms with E-state index in [0.29, 0.717) is 12.0 Å². The minimum atomic E-state index is -2.62. The molecule has 1 amide bonds. The van der Waals surface area contributed by atoms with Gasteiger partial charge in [-0.3, -0.25) is 14.4 Å². The van der Waals surface area contributed by atoms with E-state index in [2.05, 4.69) is 22.6 Å². The maximum Gasteiger partial charge on any atom is 0.230 e. The Labute approximate surface area is 191 Å². The molecular weight excluding hydrogens is 519 g/mol. The third-order valence-electron chi connectivity index (χ3n) is 6.91. The second kappa shape index (κ2) is 7.26. The Bertz CT molecular complexity index is 1050. The van der Waals surface area contributed by atoms with Gasteiger partial charge in [-0.1, -0.05) is 0 Å². The van der Waals surface area contributed by atoms with Gasteiger partial charge in [0.15, 0.2) is 11.4 Å². The van der Waals surface area contributed by atoms with Gasteiger partial charge in [0.25, 0.3) is 0 Å². The molecule has 0 radical (unpaired) electrons. The number of phenolic OH excluding ortho intramolecular Hbond substituents is 1. The predicted octanol–water partition coefficient (Wildman–Crippen LogP) is -0.266. The molecule has 1 aromatic carbocycles. The number of rotatable bonds is 2. The first-order valence-electron chi connectivity index (χ1n) is 9.82. The third kappa shape index (κ3) is 2.88. The molecular formula is C21H23IN2O7. The lowest BCUT2D eigenvalue weighted by molar-refractivity contribution is -0.184. The molecule has 10 heteroatoms. The Morgan fingerprint density at radius 3 is 2.48 bits per heavy atom. The zero-order valence-electron chi connectivity index (χ0n) is 16.9. The highest BCUT2D eigenvalue weighted by Gasteiger charge is 2.67. The average Bonchev–Trinajstić information content (AvgIpc) is 2.67. The number of primary amides is 1. The van der Waals surface area contributed by atoms with Gasteiger partial charge in [-0.25, -0.2) is 0 Å². The second-order valence-corrected chi connectivity index (χ2v) is 9.87. The molecule has 0 bridgehead atoms. The molecule has 6 atom stereocenters. The monoisotopic (exact) mass is 542 g/mol. The van der Waals surface area contributed by atoms with Crippen molar-refractivity contribution in [2.45, 2.75) is 30.6 Å². The summed E-state index contributed by atoms with van der Waals surface area (Å²) in [5, 5.41) is 43.5. The molecule has 31 heavy (non-hydrogen) atoms. The molecule has 6 N–H and O–H groups in total. The Morgan fingerprint density at radius 1 is 1.26 bits per heavy atom. The van der Waals surface area contributed by atoms with Crippen molar-refractivity contribution in [3.63, 3.8) is 0 Å². The fourth-order valence-electron chi connectivity index (χ4n) is 5.57. The largest absolute Gasteiger partial charge is 0.507 e. The first kappa shape index (κ1) is 22.2. The Morgan fingerprint density at radius 2 is 1.90 bits per heavy atom. The minimum absolute atomic E-state index is 0.104. The molecule has 0 spiro atoms. The summed E-state index contributed by atoms with van der Waals surface area (Å²) in [6.07, 6.45) is -1.06. The SMILES string of the molecule is CN(C)[C@@H]1C(O)C(C(N)=O)C(=O)[C@@]2(O)C(=O)C3=C(O)c4c(O)ccc(I)c4C[C@H]3C[C@@H]12. The first-order valence-corrected chi connectivity index (χ1v) is 10.9. The van der Waals surface area contributed by atoms with Crippen LogP contribution in [-0.2, 0) is 20.8 Å².